The fraction of sp³-hybridized carbons (Fsp3) is 0.636. The van der Waals surface area contributed by atoms with Crippen LogP contribution in [0.4, 0.5) is 0 Å². The Balaban J connectivity index is 2.68. The first-order valence-electron chi connectivity index (χ1n) is 4.77. The van der Waals surface area contributed by atoms with Crippen molar-refractivity contribution in [3.63, 3.8) is 0 Å². The van der Waals surface area contributed by atoms with Gasteiger partial charge in [-0.3, -0.25) is 0 Å². The van der Waals surface area contributed by atoms with Gasteiger partial charge in [-0.25, -0.2) is 0 Å². The minimum atomic E-state index is 0.787. The van der Waals surface area contributed by atoms with Crippen molar-refractivity contribution >= 4 is 0 Å². The first kappa shape index (κ1) is 9.37. The fourth-order valence-electron chi connectivity index (χ4n) is 1.46. The molecule has 0 amide bonds. The third-order valence-electron chi connectivity index (χ3n) is 2.45. The van der Waals surface area contributed by atoms with Gasteiger partial charge >= 0.3 is 0 Å². The van der Waals surface area contributed by atoms with Crippen LogP contribution in [0.1, 0.15) is 31.5 Å². The molecule has 0 saturated carbocycles. The van der Waals surface area contributed by atoms with Crippen LogP contribution < -0.4 is 0 Å². The summed E-state index contributed by atoms with van der Waals surface area (Å²) in [5.41, 5.74) is 2.75. The van der Waals surface area contributed by atoms with Crippen molar-refractivity contribution < 1.29 is 0 Å². The zero-order valence-corrected chi connectivity index (χ0v) is 8.59. The normalized spacial score (nSPS) is 13.3. The van der Waals surface area contributed by atoms with Gasteiger partial charge in [0.2, 0.25) is 0 Å². The van der Waals surface area contributed by atoms with Crippen LogP contribution in [0.5, 0.6) is 0 Å². The van der Waals surface area contributed by atoms with Crippen molar-refractivity contribution in [1.29, 1.82) is 0 Å². The Bertz CT molecular complexity index is 248. The minimum absolute atomic E-state index is 0.787. The lowest BCUT2D eigenvalue weighted by atomic mass is 10.1. The summed E-state index contributed by atoms with van der Waals surface area (Å²) in [7, 11) is 0. The molecule has 1 unspecified atom stereocenters. The summed E-state index contributed by atoms with van der Waals surface area (Å²) >= 11 is 0. The monoisotopic (exact) mass is 165 g/mol. The largest absolute Gasteiger partial charge is 0.351 e. The number of hydrogen-bond acceptors (Lipinski definition) is 0. The Labute approximate surface area is 75.4 Å². The molecule has 0 aliphatic rings. The summed E-state index contributed by atoms with van der Waals surface area (Å²) in [5, 5.41) is 0. The highest BCUT2D eigenvalue weighted by atomic mass is 15.0. The zero-order chi connectivity index (χ0) is 9.14. The molecule has 1 aromatic rings. The second kappa shape index (κ2) is 3.79. The second-order valence-corrected chi connectivity index (χ2v) is 3.82. The molecule has 1 heterocycles. The second-order valence-electron chi connectivity index (χ2n) is 3.82. The molecule has 0 fully saturated rings. The molecule has 1 atom stereocenters. The highest BCUT2D eigenvalue weighted by molar-refractivity contribution is 5.15. The van der Waals surface area contributed by atoms with E-state index in [9.17, 15) is 0 Å². The van der Waals surface area contributed by atoms with Crippen molar-refractivity contribution in [3.05, 3.63) is 23.5 Å². The third kappa shape index (κ3) is 2.13. The molecule has 0 bridgehead atoms. The van der Waals surface area contributed by atoms with Crippen molar-refractivity contribution in [1.82, 2.24) is 4.57 Å². The molecular weight excluding hydrogens is 146 g/mol. The predicted molar refractivity (Wildman–Crippen MR) is 53.4 cm³/mol. The molecule has 1 aromatic heterocycles. The third-order valence-corrected chi connectivity index (χ3v) is 2.45. The van der Waals surface area contributed by atoms with Crippen LogP contribution >= 0.6 is 0 Å². The quantitative estimate of drug-likeness (QED) is 0.648. The van der Waals surface area contributed by atoms with Crippen LogP contribution in [0, 0.1) is 19.8 Å². The average Bonchev–Trinajstić information content (AvgIpc) is 2.30. The molecule has 0 aliphatic heterocycles. The molecule has 0 N–H and O–H groups in total. The smallest absolute Gasteiger partial charge is 0.0247 e. The van der Waals surface area contributed by atoms with E-state index in [1.54, 1.807) is 0 Å². The van der Waals surface area contributed by atoms with E-state index in [2.05, 4.69) is 44.5 Å². The van der Waals surface area contributed by atoms with Crippen LogP contribution in [0.15, 0.2) is 12.3 Å². The molecule has 1 rings (SSSR count). The van der Waals surface area contributed by atoms with Crippen molar-refractivity contribution in [2.24, 2.45) is 5.92 Å². The van der Waals surface area contributed by atoms with Crippen LogP contribution in [0.2, 0.25) is 0 Å². The molecule has 68 valence electrons. The number of rotatable bonds is 3. The highest BCUT2D eigenvalue weighted by Gasteiger charge is 2.02. The van der Waals surface area contributed by atoms with Crippen LogP contribution in [0.3, 0.4) is 0 Å². The van der Waals surface area contributed by atoms with E-state index in [-0.39, 0.29) is 0 Å². The highest BCUT2D eigenvalue weighted by Crippen LogP contribution is 2.11. The molecule has 0 spiro atoms. The van der Waals surface area contributed by atoms with Gasteiger partial charge < -0.3 is 4.57 Å². The van der Waals surface area contributed by atoms with E-state index in [4.69, 9.17) is 0 Å². The SMILES string of the molecule is CCC(C)Cn1cc(C)cc1C. The molecule has 0 aliphatic carbocycles. The van der Waals surface area contributed by atoms with Crippen LogP contribution in [0.25, 0.3) is 0 Å². The number of hydrogen-bond donors (Lipinski definition) is 0. The maximum atomic E-state index is 2.35. The Morgan fingerprint density at radius 2 is 2.08 bits per heavy atom. The standard InChI is InChI=1S/C11H19N/c1-5-9(2)7-12-8-10(3)6-11(12)4/h6,8-9H,5,7H2,1-4H3. The number of nitrogens with zero attached hydrogens (tertiary/aromatic N) is 1. The Hall–Kier alpha value is -0.720. The minimum Gasteiger partial charge on any atom is -0.351 e. The van der Waals surface area contributed by atoms with Gasteiger partial charge in [0.1, 0.15) is 0 Å². The first-order chi connectivity index (χ1) is 5.63. The van der Waals surface area contributed by atoms with E-state index >= 15 is 0 Å². The molecule has 0 aromatic carbocycles. The Morgan fingerprint density at radius 1 is 1.42 bits per heavy atom. The summed E-state index contributed by atoms with van der Waals surface area (Å²) < 4.78 is 2.35. The van der Waals surface area contributed by atoms with Gasteiger partial charge in [0, 0.05) is 18.4 Å². The summed E-state index contributed by atoms with van der Waals surface area (Å²) in [4.78, 5) is 0. The van der Waals surface area contributed by atoms with E-state index in [1.807, 2.05) is 0 Å². The summed E-state index contributed by atoms with van der Waals surface area (Å²) in [6.45, 7) is 10.0. The number of aromatic nitrogens is 1. The van der Waals surface area contributed by atoms with E-state index < -0.39 is 0 Å². The van der Waals surface area contributed by atoms with Gasteiger partial charge in [0.25, 0.3) is 0 Å². The fourth-order valence-corrected chi connectivity index (χ4v) is 1.46. The van der Waals surface area contributed by atoms with Gasteiger partial charge in [-0.1, -0.05) is 20.3 Å². The van der Waals surface area contributed by atoms with Crippen molar-refractivity contribution in [2.75, 3.05) is 0 Å². The lowest BCUT2D eigenvalue weighted by molar-refractivity contribution is 0.464. The van der Waals surface area contributed by atoms with E-state index in [0.29, 0.717) is 0 Å². The van der Waals surface area contributed by atoms with Gasteiger partial charge in [-0.15, -0.1) is 0 Å². The predicted octanol–water partition coefficient (Wildman–Crippen LogP) is 3.15. The van der Waals surface area contributed by atoms with Gasteiger partial charge in [0.15, 0.2) is 0 Å². The Morgan fingerprint density at radius 3 is 2.50 bits per heavy atom. The van der Waals surface area contributed by atoms with Gasteiger partial charge in [0.05, 0.1) is 0 Å². The molecule has 12 heavy (non-hydrogen) atoms. The molecular formula is C11H19N. The number of aryl methyl sites for hydroxylation is 2. The first-order valence-corrected chi connectivity index (χ1v) is 4.77. The molecule has 1 nitrogen and oxygen atoms in total. The topological polar surface area (TPSA) is 4.93 Å². The van der Waals surface area contributed by atoms with Gasteiger partial charge in [-0.2, -0.15) is 0 Å². The lowest BCUT2D eigenvalue weighted by Crippen LogP contribution is -2.06. The maximum Gasteiger partial charge on any atom is 0.0247 e. The van der Waals surface area contributed by atoms with Crippen LogP contribution in [-0.4, -0.2) is 4.57 Å². The van der Waals surface area contributed by atoms with Crippen LogP contribution in [-0.2, 0) is 6.54 Å². The summed E-state index contributed by atoms with van der Waals surface area (Å²) in [6, 6.07) is 2.24. The zero-order valence-electron chi connectivity index (χ0n) is 8.59. The summed E-state index contributed by atoms with van der Waals surface area (Å²) in [6.07, 6.45) is 3.50. The van der Waals surface area contributed by atoms with E-state index in [0.717, 1.165) is 12.5 Å². The lowest BCUT2D eigenvalue weighted by Gasteiger charge is -2.11. The molecule has 0 saturated heterocycles. The average molecular weight is 165 g/mol. The van der Waals surface area contributed by atoms with Crippen molar-refractivity contribution in [2.45, 2.75) is 40.7 Å². The molecule has 1 heteroatoms. The van der Waals surface area contributed by atoms with Crippen molar-refractivity contribution in [3.8, 4) is 0 Å². The summed E-state index contributed by atoms with van der Waals surface area (Å²) in [5.74, 6) is 0.787. The Kier molecular flexibility index (Phi) is 2.96. The molecule has 0 radical (unpaired) electrons. The van der Waals surface area contributed by atoms with E-state index in [1.165, 1.54) is 17.7 Å². The maximum absolute atomic E-state index is 2.35. The van der Waals surface area contributed by atoms with Gasteiger partial charge in [-0.05, 0) is 31.4 Å².